The predicted molar refractivity (Wildman–Crippen MR) is 119 cm³/mol. The molecule has 3 aromatic rings. The van der Waals surface area contributed by atoms with E-state index in [1.54, 1.807) is 55.5 Å². The van der Waals surface area contributed by atoms with Crippen LogP contribution in [-0.2, 0) is 0 Å². The van der Waals surface area contributed by atoms with E-state index in [0.29, 0.717) is 22.0 Å². The Balaban J connectivity index is 1.66. The zero-order valence-corrected chi connectivity index (χ0v) is 17.3. The molecule has 0 aliphatic heterocycles. The molecule has 2 amide bonds. The number of anilines is 1. The van der Waals surface area contributed by atoms with Gasteiger partial charge in [-0.25, -0.2) is 5.43 Å². The fourth-order valence-electron chi connectivity index (χ4n) is 2.59. The maximum Gasteiger partial charge on any atom is 0.275 e. The molecule has 6 nitrogen and oxygen atoms in total. The third-order valence-corrected chi connectivity index (χ3v) is 4.76. The van der Waals surface area contributed by atoms with Gasteiger partial charge in [0.25, 0.3) is 11.8 Å². The van der Waals surface area contributed by atoms with Crippen molar-refractivity contribution in [3.05, 3.63) is 93.5 Å². The van der Waals surface area contributed by atoms with Gasteiger partial charge in [-0.1, -0.05) is 47.5 Å². The minimum Gasteiger partial charge on any atom is -0.507 e. The lowest BCUT2D eigenvalue weighted by molar-refractivity contribution is 0.0951. The minimum absolute atomic E-state index is 0.122. The van der Waals surface area contributed by atoms with Crippen LogP contribution in [0, 0.1) is 0 Å². The van der Waals surface area contributed by atoms with Gasteiger partial charge in [0, 0.05) is 10.7 Å². The van der Waals surface area contributed by atoms with Gasteiger partial charge in [-0.15, -0.1) is 0 Å². The highest BCUT2D eigenvalue weighted by atomic mass is 35.5. The molecule has 0 aliphatic carbocycles. The number of rotatable bonds is 5. The van der Waals surface area contributed by atoms with Crippen molar-refractivity contribution in [3.63, 3.8) is 0 Å². The fraction of sp³-hybridized carbons (Fsp3) is 0.0455. The molecule has 30 heavy (non-hydrogen) atoms. The Morgan fingerprint density at radius 2 is 1.60 bits per heavy atom. The van der Waals surface area contributed by atoms with E-state index < -0.39 is 5.91 Å². The van der Waals surface area contributed by atoms with Crippen LogP contribution in [0.4, 0.5) is 5.69 Å². The molecule has 0 saturated heterocycles. The smallest absolute Gasteiger partial charge is 0.275 e. The molecule has 0 unspecified atom stereocenters. The molecule has 0 saturated carbocycles. The van der Waals surface area contributed by atoms with Gasteiger partial charge in [0.05, 0.1) is 21.9 Å². The maximum absolute atomic E-state index is 12.4. The first-order valence-electron chi connectivity index (χ1n) is 8.84. The van der Waals surface area contributed by atoms with Gasteiger partial charge < -0.3 is 10.4 Å². The summed E-state index contributed by atoms with van der Waals surface area (Å²) in [6.45, 7) is 1.73. The van der Waals surface area contributed by atoms with E-state index in [9.17, 15) is 14.7 Å². The summed E-state index contributed by atoms with van der Waals surface area (Å²) in [5, 5.41) is 17.3. The first-order chi connectivity index (χ1) is 14.3. The first-order valence-corrected chi connectivity index (χ1v) is 9.60. The summed E-state index contributed by atoms with van der Waals surface area (Å²) < 4.78 is 0. The van der Waals surface area contributed by atoms with Crippen molar-refractivity contribution in [1.29, 1.82) is 0 Å². The van der Waals surface area contributed by atoms with E-state index >= 15 is 0 Å². The number of phenols is 1. The summed E-state index contributed by atoms with van der Waals surface area (Å²) in [4.78, 5) is 24.5. The second-order valence-corrected chi connectivity index (χ2v) is 7.15. The fourth-order valence-corrected chi connectivity index (χ4v) is 3.09. The molecule has 0 spiro atoms. The van der Waals surface area contributed by atoms with Crippen molar-refractivity contribution >= 4 is 46.4 Å². The SMILES string of the molecule is C/C(=N/NC(=O)c1ccccc1O)c1ccc(NC(=O)c2ccc(Cl)cc2Cl)cc1. The van der Waals surface area contributed by atoms with Gasteiger partial charge in [-0.3, -0.25) is 9.59 Å². The maximum atomic E-state index is 12.4. The Bertz CT molecular complexity index is 1130. The molecule has 8 heteroatoms. The number of phenolic OH excluding ortho intramolecular Hbond substituents is 1. The second kappa shape index (κ2) is 9.43. The lowest BCUT2D eigenvalue weighted by atomic mass is 10.1. The first kappa shape index (κ1) is 21.4. The minimum atomic E-state index is -0.517. The Morgan fingerprint density at radius 1 is 0.900 bits per heavy atom. The molecule has 0 aromatic heterocycles. The Morgan fingerprint density at radius 3 is 2.27 bits per heavy atom. The molecule has 0 heterocycles. The molecule has 3 N–H and O–H groups in total. The highest BCUT2D eigenvalue weighted by molar-refractivity contribution is 6.37. The number of nitrogens with zero attached hydrogens (tertiary/aromatic N) is 1. The summed E-state index contributed by atoms with van der Waals surface area (Å²) in [5.41, 5.74) is 4.73. The zero-order valence-electron chi connectivity index (χ0n) is 15.8. The lowest BCUT2D eigenvalue weighted by Gasteiger charge is -2.08. The van der Waals surface area contributed by atoms with E-state index in [-0.39, 0.29) is 22.2 Å². The molecule has 0 bridgehead atoms. The molecule has 0 fully saturated rings. The monoisotopic (exact) mass is 441 g/mol. The van der Waals surface area contributed by atoms with Crippen molar-refractivity contribution in [2.75, 3.05) is 5.32 Å². The lowest BCUT2D eigenvalue weighted by Crippen LogP contribution is -2.19. The molecule has 152 valence electrons. The van der Waals surface area contributed by atoms with Crippen molar-refractivity contribution < 1.29 is 14.7 Å². The third-order valence-electron chi connectivity index (χ3n) is 4.21. The van der Waals surface area contributed by atoms with Gasteiger partial charge in [0.1, 0.15) is 5.75 Å². The van der Waals surface area contributed by atoms with Crippen LogP contribution in [-0.4, -0.2) is 22.6 Å². The van der Waals surface area contributed by atoms with Gasteiger partial charge in [-0.05, 0) is 55.0 Å². The second-order valence-electron chi connectivity index (χ2n) is 6.31. The molecular formula is C22H17Cl2N3O3. The van der Waals surface area contributed by atoms with E-state index in [0.717, 1.165) is 5.56 Å². The quantitative estimate of drug-likeness (QED) is 0.379. The summed E-state index contributed by atoms with van der Waals surface area (Å²) in [5.74, 6) is -0.996. The van der Waals surface area contributed by atoms with Crippen LogP contribution in [0.1, 0.15) is 33.2 Å². The summed E-state index contributed by atoms with van der Waals surface area (Å²) in [7, 11) is 0. The standard InChI is InChI=1S/C22H17Cl2N3O3/c1-13(26-27-22(30)18-4-2-3-5-20(18)28)14-6-9-16(10-7-14)25-21(29)17-11-8-15(23)12-19(17)24/h2-12,28H,1H3,(H,25,29)(H,27,30)/b26-13-. The molecule has 0 atom stereocenters. The number of nitrogens with one attached hydrogen (secondary N) is 2. The van der Waals surface area contributed by atoms with Crippen molar-refractivity contribution in [3.8, 4) is 5.75 Å². The normalized spacial score (nSPS) is 11.1. The zero-order chi connectivity index (χ0) is 21.7. The molecule has 0 radical (unpaired) electrons. The molecule has 0 aliphatic rings. The number of halogens is 2. The van der Waals surface area contributed by atoms with Crippen LogP contribution >= 0.6 is 23.2 Å². The van der Waals surface area contributed by atoms with Crippen molar-refractivity contribution in [1.82, 2.24) is 5.43 Å². The Hall–Kier alpha value is -3.35. The summed E-state index contributed by atoms with van der Waals surface area (Å²) >= 11 is 11.9. The van der Waals surface area contributed by atoms with Crippen molar-refractivity contribution in [2.24, 2.45) is 5.10 Å². The Kier molecular flexibility index (Phi) is 6.72. The number of aromatic hydroxyl groups is 1. The third kappa shape index (κ3) is 5.17. The van der Waals surface area contributed by atoms with Crippen LogP contribution in [0.2, 0.25) is 10.0 Å². The van der Waals surface area contributed by atoms with Gasteiger partial charge in [0.2, 0.25) is 0 Å². The van der Waals surface area contributed by atoms with E-state index in [2.05, 4.69) is 15.8 Å². The number of benzene rings is 3. The van der Waals surface area contributed by atoms with E-state index in [1.165, 1.54) is 18.2 Å². The number of hydrogen-bond donors (Lipinski definition) is 3. The van der Waals surface area contributed by atoms with Crippen LogP contribution < -0.4 is 10.7 Å². The number of hydrogen-bond acceptors (Lipinski definition) is 4. The van der Waals surface area contributed by atoms with Crippen LogP contribution in [0.15, 0.2) is 71.8 Å². The van der Waals surface area contributed by atoms with Crippen LogP contribution in [0.5, 0.6) is 5.75 Å². The van der Waals surface area contributed by atoms with Gasteiger partial charge in [0.15, 0.2) is 0 Å². The largest absolute Gasteiger partial charge is 0.507 e. The molecule has 3 rings (SSSR count). The average molecular weight is 442 g/mol. The summed E-state index contributed by atoms with van der Waals surface area (Å²) in [6.07, 6.45) is 0. The molecule has 3 aromatic carbocycles. The average Bonchev–Trinajstić information content (AvgIpc) is 2.72. The number of hydrazone groups is 1. The predicted octanol–water partition coefficient (Wildman–Crippen LogP) is 5.11. The van der Waals surface area contributed by atoms with Crippen LogP contribution in [0.3, 0.4) is 0 Å². The highest BCUT2D eigenvalue weighted by Gasteiger charge is 2.12. The highest BCUT2D eigenvalue weighted by Crippen LogP contribution is 2.22. The Labute approximate surface area is 183 Å². The van der Waals surface area contributed by atoms with Crippen molar-refractivity contribution in [2.45, 2.75) is 6.92 Å². The number of carbonyl (C=O) groups excluding carboxylic acids is 2. The topological polar surface area (TPSA) is 90.8 Å². The number of para-hydroxylation sites is 1. The number of carbonyl (C=O) groups is 2. The van der Waals surface area contributed by atoms with E-state index in [4.69, 9.17) is 23.2 Å². The van der Waals surface area contributed by atoms with Gasteiger partial charge >= 0.3 is 0 Å². The van der Waals surface area contributed by atoms with Crippen LogP contribution in [0.25, 0.3) is 0 Å². The van der Waals surface area contributed by atoms with Gasteiger partial charge in [-0.2, -0.15) is 5.10 Å². The van der Waals surface area contributed by atoms with E-state index in [1.807, 2.05) is 0 Å². The molecular weight excluding hydrogens is 425 g/mol. The summed E-state index contributed by atoms with van der Waals surface area (Å²) in [6, 6.07) is 17.8. The number of amides is 2.